The molecule has 1 saturated heterocycles. The van der Waals surface area contributed by atoms with E-state index in [0.29, 0.717) is 34.3 Å². The molecule has 1 aliphatic heterocycles. The molecule has 0 aromatic heterocycles. The van der Waals surface area contributed by atoms with Crippen LogP contribution in [-0.2, 0) is 26.2 Å². The highest BCUT2D eigenvalue weighted by atomic mass is 35.5. The van der Waals surface area contributed by atoms with Crippen molar-refractivity contribution in [3.63, 3.8) is 0 Å². The van der Waals surface area contributed by atoms with Gasteiger partial charge in [0.1, 0.15) is 11.2 Å². The SMILES string of the molecule is CC(C)(C)OC(=O)N1CCC[C@H]1CCCNS(=O)(=O)N(Cc1ccc(Cl)cc1)C(=O)OC(C)(C)C. The zero-order valence-corrected chi connectivity index (χ0v) is 23.0. The molecule has 2 amide bonds. The number of halogens is 1. The Kier molecular flexibility index (Phi) is 9.84. The fourth-order valence-corrected chi connectivity index (χ4v) is 4.87. The summed E-state index contributed by atoms with van der Waals surface area (Å²) in [5.74, 6) is 0. The van der Waals surface area contributed by atoms with Gasteiger partial charge in [-0.2, -0.15) is 17.4 Å². The summed E-state index contributed by atoms with van der Waals surface area (Å²) in [6.45, 7) is 11.0. The molecule has 0 unspecified atom stereocenters. The van der Waals surface area contributed by atoms with Crippen LogP contribution >= 0.6 is 11.6 Å². The molecule has 11 heteroatoms. The van der Waals surface area contributed by atoms with Crippen LogP contribution in [0.3, 0.4) is 0 Å². The minimum Gasteiger partial charge on any atom is -0.444 e. The molecule has 0 spiro atoms. The third kappa shape index (κ3) is 9.85. The van der Waals surface area contributed by atoms with E-state index in [1.54, 1.807) is 49.9 Å². The van der Waals surface area contributed by atoms with Crippen molar-refractivity contribution in [2.24, 2.45) is 0 Å². The van der Waals surface area contributed by atoms with Crippen LogP contribution in [0.15, 0.2) is 24.3 Å². The Morgan fingerprint density at radius 2 is 1.69 bits per heavy atom. The summed E-state index contributed by atoms with van der Waals surface area (Å²) in [6.07, 6.45) is 1.51. The zero-order valence-electron chi connectivity index (χ0n) is 21.5. The Labute approximate surface area is 214 Å². The summed E-state index contributed by atoms with van der Waals surface area (Å²) in [5, 5.41) is 0.505. The van der Waals surface area contributed by atoms with E-state index in [-0.39, 0.29) is 25.2 Å². The molecular formula is C24H38ClN3O6S. The number of nitrogens with zero attached hydrogens (tertiary/aromatic N) is 2. The lowest BCUT2D eigenvalue weighted by atomic mass is 10.1. The fraction of sp³-hybridized carbons (Fsp3) is 0.667. The smallest absolute Gasteiger partial charge is 0.425 e. The van der Waals surface area contributed by atoms with Gasteiger partial charge in [0.2, 0.25) is 0 Å². The highest BCUT2D eigenvalue weighted by Crippen LogP contribution is 2.24. The normalized spacial score (nSPS) is 16.8. The molecule has 0 aliphatic carbocycles. The molecular weight excluding hydrogens is 494 g/mol. The molecule has 1 N–H and O–H groups in total. The first-order valence-corrected chi connectivity index (χ1v) is 13.6. The predicted octanol–water partition coefficient (Wildman–Crippen LogP) is 5.09. The van der Waals surface area contributed by atoms with E-state index in [1.807, 2.05) is 20.8 Å². The van der Waals surface area contributed by atoms with Crippen LogP contribution in [0.2, 0.25) is 5.02 Å². The molecule has 9 nitrogen and oxygen atoms in total. The lowest BCUT2D eigenvalue weighted by Crippen LogP contribution is -2.46. The summed E-state index contributed by atoms with van der Waals surface area (Å²) >= 11 is 5.92. The molecule has 1 heterocycles. The van der Waals surface area contributed by atoms with Gasteiger partial charge in [-0.15, -0.1) is 0 Å². The number of hydrogen-bond donors (Lipinski definition) is 1. The highest BCUT2D eigenvalue weighted by molar-refractivity contribution is 7.87. The number of hydrogen-bond acceptors (Lipinski definition) is 6. The Hall–Kier alpha value is -2.04. The van der Waals surface area contributed by atoms with Crippen LogP contribution in [0.5, 0.6) is 0 Å². The van der Waals surface area contributed by atoms with Crippen molar-refractivity contribution in [2.75, 3.05) is 13.1 Å². The second-order valence-corrected chi connectivity index (χ2v) is 12.7. The second kappa shape index (κ2) is 11.8. The van der Waals surface area contributed by atoms with Crippen molar-refractivity contribution < 1.29 is 27.5 Å². The van der Waals surface area contributed by atoms with Crippen molar-refractivity contribution in [3.8, 4) is 0 Å². The van der Waals surface area contributed by atoms with Gasteiger partial charge >= 0.3 is 22.4 Å². The lowest BCUT2D eigenvalue weighted by Gasteiger charge is -2.29. The second-order valence-electron chi connectivity index (χ2n) is 10.6. The molecule has 198 valence electrons. The number of rotatable bonds is 8. The summed E-state index contributed by atoms with van der Waals surface area (Å²) in [7, 11) is -4.18. The standard InChI is InChI=1S/C24H38ClN3O6S/c1-23(2,3)33-21(29)27-16-8-10-20(27)9-7-15-26-35(31,32)28(22(30)34-24(4,5)6)17-18-11-13-19(25)14-12-18/h11-14,20,26H,7-10,15-17H2,1-6H3/t20-/m1/s1. The van der Waals surface area contributed by atoms with Crippen LogP contribution < -0.4 is 4.72 Å². The first-order chi connectivity index (χ1) is 16.1. The van der Waals surface area contributed by atoms with Crippen LogP contribution in [-0.4, -0.2) is 60.1 Å². The topological polar surface area (TPSA) is 105 Å². The first-order valence-electron chi connectivity index (χ1n) is 11.8. The Morgan fingerprint density at radius 3 is 2.26 bits per heavy atom. The number of carbonyl (C=O) groups excluding carboxylic acids is 2. The van der Waals surface area contributed by atoms with Gasteiger partial charge in [-0.25, -0.2) is 9.59 Å². The lowest BCUT2D eigenvalue weighted by molar-refractivity contribution is 0.0218. The Bertz CT molecular complexity index is 970. The average Bonchev–Trinajstić information content (AvgIpc) is 3.17. The molecule has 1 aliphatic rings. The molecule has 35 heavy (non-hydrogen) atoms. The summed E-state index contributed by atoms with van der Waals surface area (Å²) < 4.78 is 40.1. The number of ether oxygens (including phenoxy) is 2. The maximum atomic E-state index is 13.1. The van der Waals surface area contributed by atoms with Gasteiger partial charge in [0, 0.05) is 24.2 Å². The van der Waals surface area contributed by atoms with Gasteiger partial charge in [0.05, 0.1) is 6.54 Å². The molecule has 1 aromatic rings. The summed E-state index contributed by atoms with van der Waals surface area (Å²) in [6, 6.07) is 6.55. The highest BCUT2D eigenvalue weighted by Gasteiger charge is 2.33. The maximum absolute atomic E-state index is 13.1. The third-order valence-corrected chi connectivity index (χ3v) is 6.81. The number of nitrogens with one attached hydrogen (secondary N) is 1. The van der Waals surface area contributed by atoms with E-state index < -0.39 is 27.5 Å². The molecule has 0 radical (unpaired) electrons. The number of likely N-dealkylation sites (tertiary alicyclic amines) is 1. The van der Waals surface area contributed by atoms with Crippen molar-refractivity contribution in [1.29, 1.82) is 0 Å². The molecule has 1 fully saturated rings. The Balaban J connectivity index is 2.00. The van der Waals surface area contributed by atoms with Gasteiger partial charge in [0.25, 0.3) is 0 Å². The molecule has 1 atom stereocenters. The summed E-state index contributed by atoms with van der Waals surface area (Å²) in [5.41, 5.74) is -0.849. The van der Waals surface area contributed by atoms with Crippen molar-refractivity contribution in [3.05, 3.63) is 34.9 Å². The predicted molar refractivity (Wildman–Crippen MR) is 135 cm³/mol. The van der Waals surface area contributed by atoms with E-state index in [9.17, 15) is 18.0 Å². The average molecular weight is 532 g/mol. The number of amides is 2. The van der Waals surface area contributed by atoms with Gasteiger partial charge in [0.15, 0.2) is 0 Å². The molecule has 0 bridgehead atoms. The number of benzene rings is 1. The third-order valence-electron chi connectivity index (χ3n) is 5.13. The first kappa shape index (κ1) is 29.2. The van der Waals surface area contributed by atoms with Gasteiger partial charge in [-0.05, 0) is 84.9 Å². The fourth-order valence-electron chi connectivity index (χ4n) is 3.63. The van der Waals surface area contributed by atoms with Crippen LogP contribution in [0.4, 0.5) is 9.59 Å². The van der Waals surface area contributed by atoms with E-state index in [4.69, 9.17) is 21.1 Å². The largest absolute Gasteiger partial charge is 0.444 e. The Morgan fingerprint density at radius 1 is 1.09 bits per heavy atom. The van der Waals surface area contributed by atoms with Crippen LogP contribution in [0.25, 0.3) is 0 Å². The van der Waals surface area contributed by atoms with Crippen molar-refractivity contribution in [1.82, 2.24) is 13.9 Å². The van der Waals surface area contributed by atoms with Gasteiger partial charge in [-0.1, -0.05) is 23.7 Å². The minimum absolute atomic E-state index is 0.00891. The van der Waals surface area contributed by atoms with Gasteiger partial charge in [-0.3, -0.25) is 0 Å². The summed E-state index contributed by atoms with van der Waals surface area (Å²) in [4.78, 5) is 26.9. The zero-order chi connectivity index (χ0) is 26.4. The minimum atomic E-state index is -4.18. The van der Waals surface area contributed by atoms with E-state index in [1.165, 1.54) is 0 Å². The molecule has 0 saturated carbocycles. The molecule has 1 aromatic carbocycles. The molecule has 2 rings (SSSR count). The van der Waals surface area contributed by atoms with Crippen molar-refractivity contribution >= 4 is 34.0 Å². The maximum Gasteiger partial charge on any atom is 0.425 e. The quantitative estimate of drug-likeness (QED) is 0.468. The van der Waals surface area contributed by atoms with Crippen LogP contribution in [0.1, 0.15) is 72.8 Å². The van der Waals surface area contributed by atoms with Crippen LogP contribution in [0, 0.1) is 0 Å². The van der Waals surface area contributed by atoms with Crippen molar-refractivity contribution in [2.45, 2.75) is 91.0 Å². The van der Waals surface area contributed by atoms with E-state index in [0.717, 1.165) is 12.8 Å². The monoisotopic (exact) mass is 531 g/mol. The van der Waals surface area contributed by atoms with Gasteiger partial charge < -0.3 is 14.4 Å². The van der Waals surface area contributed by atoms with E-state index >= 15 is 0 Å². The number of carbonyl (C=O) groups is 2. The van der Waals surface area contributed by atoms with E-state index in [2.05, 4.69) is 4.72 Å².